The normalized spacial score (nSPS) is 15.3. The number of methoxy groups -OCH3 is 3. The Labute approximate surface area is 65.1 Å². The van der Waals surface area contributed by atoms with E-state index in [0.717, 1.165) is 0 Å². The third-order valence-electron chi connectivity index (χ3n) is 1.50. The fourth-order valence-corrected chi connectivity index (χ4v) is 0.688. The van der Waals surface area contributed by atoms with Gasteiger partial charge in [0.2, 0.25) is 0 Å². The Balaban J connectivity index is 4.02. The maximum atomic E-state index is 5.01. The lowest BCUT2D eigenvalue weighted by Crippen LogP contribution is -2.45. The van der Waals surface area contributed by atoms with Gasteiger partial charge in [-0.3, -0.25) is 0 Å². The van der Waals surface area contributed by atoms with E-state index in [1.54, 1.807) is 21.3 Å². The topological polar surface area (TPSA) is 27.7 Å². The molecule has 59 valence electrons. The lowest BCUT2D eigenvalue weighted by molar-refractivity contribution is -0.202. The molecule has 0 aromatic rings. The highest BCUT2D eigenvalue weighted by Crippen LogP contribution is 2.13. The van der Waals surface area contributed by atoms with Crippen LogP contribution >= 0.6 is 0 Å². The van der Waals surface area contributed by atoms with Crippen molar-refractivity contribution >= 4 is 10.2 Å². The molecule has 0 spiro atoms. The number of ether oxygens (including phenoxy) is 3. The van der Waals surface area contributed by atoms with Gasteiger partial charge in [-0.25, -0.2) is 0 Å². The van der Waals surface area contributed by atoms with Gasteiger partial charge in [0.15, 0.2) is 5.41 Å². The van der Waals surface area contributed by atoms with Crippen molar-refractivity contribution in [1.29, 1.82) is 0 Å². The molecule has 4 heteroatoms. The summed E-state index contributed by atoms with van der Waals surface area (Å²) < 4.78 is 15.0. The van der Waals surface area contributed by atoms with Gasteiger partial charge in [-0.15, -0.1) is 0 Å². The lowest BCUT2D eigenvalue weighted by atomic mass is 10.4. The van der Waals surface area contributed by atoms with Gasteiger partial charge < -0.3 is 14.2 Å². The molecule has 0 aliphatic rings. The first-order valence-electron chi connectivity index (χ1n) is 2.98. The second-order valence-electron chi connectivity index (χ2n) is 1.95. The molecule has 0 saturated carbocycles. The minimum atomic E-state index is -0.825. The SMILES string of the molecule is COC(C)C([Si])(OC)OC. The fraction of sp³-hybridized carbons (Fsp3) is 1.00. The Bertz CT molecular complexity index is 93.0. The molecule has 0 aliphatic heterocycles. The van der Waals surface area contributed by atoms with Gasteiger partial charge in [0, 0.05) is 21.3 Å². The number of hydrogen-bond acceptors (Lipinski definition) is 3. The largest absolute Gasteiger partial charge is 0.377 e. The molecule has 3 nitrogen and oxygen atoms in total. The lowest BCUT2D eigenvalue weighted by Gasteiger charge is -2.31. The van der Waals surface area contributed by atoms with Gasteiger partial charge in [0.25, 0.3) is 0 Å². The van der Waals surface area contributed by atoms with Crippen LogP contribution in [0.5, 0.6) is 0 Å². The highest BCUT2D eigenvalue weighted by atomic mass is 28.1. The highest BCUT2D eigenvalue weighted by molar-refractivity contribution is 6.13. The van der Waals surface area contributed by atoms with Crippen LogP contribution in [0.3, 0.4) is 0 Å². The molecule has 0 fully saturated rings. The van der Waals surface area contributed by atoms with Crippen LogP contribution in [-0.4, -0.2) is 43.1 Å². The number of hydrogen-bond donors (Lipinski definition) is 0. The molecule has 0 N–H and O–H groups in total. The molecule has 0 heterocycles. The average Bonchev–Trinajstić information content (AvgIpc) is 2.01. The van der Waals surface area contributed by atoms with E-state index < -0.39 is 5.41 Å². The van der Waals surface area contributed by atoms with Crippen LogP contribution in [0.15, 0.2) is 0 Å². The van der Waals surface area contributed by atoms with Crippen LogP contribution in [0.25, 0.3) is 0 Å². The fourth-order valence-electron chi connectivity index (χ4n) is 0.570. The van der Waals surface area contributed by atoms with E-state index >= 15 is 0 Å². The van der Waals surface area contributed by atoms with E-state index in [2.05, 4.69) is 10.2 Å². The number of rotatable bonds is 4. The first kappa shape index (κ1) is 10.1. The van der Waals surface area contributed by atoms with Crippen LogP contribution in [0, 0.1) is 0 Å². The molecule has 0 saturated heterocycles. The summed E-state index contributed by atoms with van der Waals surface area (Å²) in [5.41, 5.74) is -0.825. The second-order valence-corrected chi connectivity index (χ2v) is 2.65. The molecule has 1 atom stereocenters. The first-order valence-corrected chi connectivity index (χ1v) is 3.48. The predicted molar refractivity (Wildman–Crippen MR) is 39.0 cm³/mol. The summed E-state index contributed by atoms with van der Waals surface area (Å²) in [6.45, 7) is 1.85. The van der Waals surface area contributed by atoms with Crippen molar-refractivity contribution in [1.82, 2.24) is 0 Å². The van der Waals surface area contributed by atoms with Crippen molar-refractivity contribution in [3.8, 4) is 0 Å². The standard InChI is InChI=1S/C6H13O3Si/c1-5(7-2)6(10,8-3)9-4/h5H,1-4H3. The summed E-state index contributed by atoms with van der Waals surface area (Å²) >= 11 is 0. The van der Waals surface area contributed by atoms with Gasteiger partial charge in [-0.2, -0.15) is 0 Å². The van der Waals surface area contributed by atoms with Gasteiger partial charge in [-0.1, -0.05) is 0 Å². The van der Waals surface area contributed by atoms with E-state index in [1.165, 1.54) is 0 Å². The van der Waals surface area contributed by atoms with Crippen LogP contribution < -0.4 is 0 Å². The van der Waals surface area contributed by atoms with Crippen molar-refractivity contribution in [3.05, 3.63) is 0 Å². The summed E-state index contributed by atoms with van der Waals surface area (Å²) in [6.07, 6.45) is -0.154. The third kappa shape index (κ3) is 2.05. The minimum Gasteiger partial charge on any atom is -0.377 e. The second kappa shape index (κ2) is 4.08. The third-order valence-corrected chi connectivity index (χ3v) is 2.31. The molecule has 0 amide bonds. The van der Waals surface area contributed by atoms with Crippen molar-refractivity contribution in [2.75, 3.05) is 21.3 Å². The zero-order chi connectivity index (χ0) is 8.20. The van der Waals surface area contributed by atoms with Crippen molar-refractivity contribution in [2.24, 2.45) is 0 Å². The minimum absolute atomic E-state index is 0.154. The van der Waals surface area contributed by atoms with Crippen LogP contribution in [0.1, 0.15) is 6.92 Å². The Morgan fingerprint density at radius 3 is 1.70 bits per heavy atom. The smallest absolute Gasteiger partial charge is 0.168 e. The summed E-state index contributed by atoms with van der Waals surface area (Å²) in [7, 11) is 7.98. The summed E-state index contributed by atoms with van der Waals surface area (Å²) in [5, 5.41) is 0. The van der Waals surface area contributed by atoms with E-state index in [1.807, 2.05) is 6.92 Å². The van der Waals surface area contributed by atoms with Crippen molar-refractivity contribution < 1.29 is 14.2 Å². The molecule has 0 bridgehead atoms. The average molecular weight is 161 g/mol. The molecule has 1 unspecified atom stereocenters. The highest BCUT2D eigenvalue weighted by Gasteiger charge is 2.30. The van der Waals surface area contributed by atoms with Crippen LogP contribution in [0.4, 0.5) is 0 Å². The monoisotopic (exact) mass is 161 g/mol. The first-order chi connectivity index (χ1) is 4.60. The quantitative estimate of drug-likeness (QED) is 0.433. The summed E-state index contributed by atoms with van der Waals surface area (Å²) in [5.74, 6) is 0. The van der Waals surface area contributed by atoms with E-state index in [4.69, 9.17) is 14.2 Å². The summed E-state index contributed by atoms with van der Waals surface area (Å²) in [4.78, 5) is 0. The maximum absolute atomic E-state index is 5.01. The van der Waals surface area contributed by atoms with Crippen molar-refractivity contribution in [3.63, 3.8) is 0 Å². The van der Waals surface area contributed by atoms with E-state index in [9.17, 15) is 0 Å². The van der Waals surface area contributed by atoms with Crippen LogP contribution in [-0.2, 0) is 14.2 Å². The molecule has 0 aliphatic carbocycles. The molecule has 0 rings (SSSR count). The maximum Gasteiger partial charge on any atom is 0.168 e. The predicted octanol–water partition coefficient (Wildman–Crippen LogP) is 0.136. The van der Waals surface area contributed by atoms with Crippen molar-refractivity contribution in [2.45, 2.75) is 18.4 Å². The zero-order valence-electron chi connectivity index (χ0n) is 6.80. The van der Waals surface area contributed by atoms with Gasteiger partial charge in [-0.05, 0) is 6.92 Å². The Kier molecular flexibility index (Phi) is 4.11. The molecular formula is C6H13O3Si. The van der Waals surface area contributed by atoms with E-state index in [-0.39, 0.29) is 6.10 Å². The molecule has 10 heavy (non-hydrogen) atoms. The Morgan fingerprint density at radius 1 is 1.20 bits per heavy atom. The molecule has 0 aromatic heterocycles. The summed E-state index contributed by atoms with van der Waals surface area (Å²) in [6, 6.07) is 0. The van der Waals surface area contributed by atoms with Gasteiger partial charge in [0.1, 0.15) is 16.3 Å². The molecule has 0 aromatic carbocycles. The van der Waals surface area contributed by atoms with E-state index in [0.29, 0.717) is 0 Å². The van der Waals surface area contributed by atoms with Gasteiger partial charge >= 0.3 is 0 Å². The molecular weight excluding hydrogens is 148 g/mol. The zero-order valence-corrected chi connectivity index (χ0v) is 7.80. The Hall–Kier alpha value is 0.0969. The van der Waals surface area contributed by atoms with Gasteiger partial charge in [0.05, 0.1) is 0 Å². The van der Waals surface area contributed by atoms with Crippen LogP contribution in [0.2, 0.25) is 0 Å². The molecule has 3 radical (unpaired) electrons. The Morgan fingerprint density at radius 2 is 1.60 bits per heavy atom.